The van der Waals surface area contributed by atoms with Crippen molar-refractivity contribution >= 4 is 23.7 Å². The maximum atomic E-state index is 13.2. The van der Waals surface area contributed by atoms with E-state index in [-0.39, 0.29) is 18.0 Å². The molecule has 0 radical (unpaired) electrons. The molecule has 1 amide bonds. The van der Waals surface area contributed by atoms with Crippen molar-refractivity contribution in [2.24, 2.45) is 0 Å². The van der Waals surface area contributed by atoms with Crippen LogP contribution in [-0.2, 0) is 9.53 Å². The van der Waals surface area contributed by atoms with Gasteiger partial charge in [0.05, 0.1) is 11.6 Å². The largest absolute Gasteiger partial charge is 0.488 e. The lowest BCUT2D eigenvalue weighted by atomic mass is 10.2. The number of carbonyl (C=O) groups excluding carboxylic acids is 1. The number of carboxylic acids is 1. The quantitative estimate of drug-likeness (QED) is 0.895. The Kier molecular flexibility index (Phi) is 5.22. The van der Waals surface area contributed by atoms with Gasteiger partial charge in [-0.15, -0.1) is 0 Å². The standard InChI is InChI=1S/C16H19ClFNO5/c1-16(2,3)24-15(22)19-8-10(7-13(19)14(20)21)23-9-4-5-12(18)11(17)6-9/h4-6,10,13H,7-8H2,1-3H3,(H,20,21)/t10-,13-/m0/s1. The topological polar surface area (TPSA) is 76.1 Å². The monoisotopic (exact) mass is 359 g/mol. The molecule has 1 heterocycles. The molecule has 1 aliphatic heterocycles. The van der Waals surface area contributed by atoms with Crippen LogP contribution in [0.2, 0.25) is 5.02 Å². The highest BCUT2D eigenvalue weighted by atomic mass is 35.5. The summed E-state index contributed by atoms with van der Waals surface area (Å²) in [5.41, 5.74) is -0.733. The van der Waals surface area contributed by atoms with Crippen molar-refractivity contribution in [3.63, 3.8) is 0 Å². The summed E-state index contributed by atoms with van der Waals surface area (Å²) >= 11 is 5.70. The van der Waals surface area contributed by atoms with E-state index in [1.54, 1.807) is 20.8 Å². The number of aliphatic carboxylic acids is 1. The molecule has 0 aromatic heterocycles. The van der Waals surface area contributed by atoms with Gasteiger partial charge in [-0.3, -0.25) is 4.90 Å². The number of hydrogen-bond acceptors (Lipinski definition) is 4. The highest BCUT2D eigenvalue weighted by Crippen LogP contribution is 2.27. The average Bonchev–Trinajstić information content (AvgIpc) is 2.85. The van der Waals surface area contributed by atoms with Gasteiger partial charge in [0.15, 0.2) is 0 Å². The van der Waals surface area contributed by atoms with Crippen LogP contribution >= 0.6 is 11.6 Å². The fraction of sp³-hybridized carbons (Fsp3) is 0.500. The van der Waals surface area contributed by atoms with Crippen LogP contribution in [0.25, 0.3) is 0 Å². The third-order valence-corrected chi connectivity index (χ3v) is 3.66. The lowest BCUT2D eigenvalue weighted by Gasteiger charge is -2.26. The maximum absolute atomic E-state index is 13.2. The molecule has 0 bridgehead atoms. The molecule has 1 aromatic rings. The molecule has 1 aromatic carbocycles. The van der Waals surface area contributed by atoms with Crippen LogP contribution in [0.4, 0.5) is 9.18 Å². The summed E-state index contributed by atoms with van der Waals surface area (Å²) in [5, 5.41) is 9.23. The van der Waals surface area contributed by atoms with Gasteiger partial charge in [0.25, 0.3) is 0 Å². The minimum atomic E-state index is -1.14. The first kappa shape index (κ1) is 18.3. The zero-order valence-electron chi connectivity index (χ0n) is 13.6. The highest BCUT2D eigenvalue weighted by molar-refractivity contribution is 6.30. The number of amides is 1. The number of carboxylic acid groups (broad SMARTS) is 1. The molecule has 24 heavy (non-hydrogen) atoms. The number of halogens is 2. The first-order chi connectivity index (χ1) is 11.1. The molecule has 1 fully saturated rings. The summed E-state index contributed by atoms with van der Waals surface area (Å²) in [5.74, 6) is -1.40. The third kappa shape index (κ3) is 4.50. The molecule has 0 saturated carbocycles. The van der Waals surface area contributed by atoms with Crippen molar-refractivity contribution in [3.05, 3.63) is 29.0 Å². The fourth-order valence-electron chi connectivity index (χ4n) is 2.38. The normalized spacial score (nSPS) is 20.8. The Labute approximate surface area is 144 Å². The number of nitrogens with zero attached hydrogens (tertiary/aromatic N) is 1. The van der Waals surface area contributed by atoms with E-state index in [4.69, 9.17) is 21.1 Å². The summed E-state index contributed by atoms with van der Waals surface area (Å²) in [6.07, 6.45) is -1.16. The molecular formula is C16H19ClFNO5. The second-order valence-corrected chi connectivity index (χ2v) is 6.95. The second kappa shape index (κ2) is 6.84. The van der Waals surface area contributed by atoms with E-state index < -0.39 is 35.6 Å². The molecule has 1 aliphatic rings. The van der Waals surface area contributed by atoms with E-state index in [1.165, 1.54) is 12.1 Å². The maximum Gasteiger partial charge on any atom is 0.411 e. The van der Waals surface area contributed by atoms with Crippen molar-refractivity contribution in [3.8, 4) is 5.75 Å². The fourth-order valence-corrected chi connectivity index (χ4v) is 2.55. The predicted octanol–water partition coefficient (Wildman–Crippen LogP) is 3.32. The molecule has 0 unspecified atom stereocenters. The van der Waals surface area contributed by atoms with Gasteiger partial charge in [-0.05, 0) is 32.9 Å². The Morgan fingerprint density at radius 2 is 2.04 bits per heavy atom. The number of ether oxygens (including phenoxy) is 2. The summed E-state index contributed by atoms with van der Waals surface area (Å²) < 4.78 is 24.0. The summed E-state index contributed by atoms with van der Waals surface area (Å²) in [6.45, 7) is 5.16. The van der Waals surface area contributed by atoms with Crippen LogP contribution in [0.3, 0.4) is 0 Å². The highest BCUT2D eigenvalue weighted by Gasteiger charge is 2.42. The Balaban J connectivity index is 2.10. The number of likely N-dealkylation sites (tertiary alicyclic amines) is 1. The van der Waals surface area contributed by atoms with Gasteiger partial charge >= 0.3 is 12.1 Å². The van der Waals surface area contributed by atoms with E-state index in [2.05, 4.69) is 0 Å². The van der Waals surface area contributed by atoms with Crippen LogP contribution < -0.4 is 4.74 Å². The lowest BCUT2D eigenvalue weighted by Crippen LogP contribution is -2.43. The van der Waals surface area contributed by atoms with Crippen molar-refractivity contribution in [2.45, 2.75) is 44.9 Å². The number of hydrogen-bond donors (Lipinski definition) is 1. The van der Waals surface area contributed by atoms with Crippen LogP contribution in [0.5, 0.6) is 5.75 Å². The minimum absolute atomic E-state index is 0.0564. The van der Waals surface area contributed by atoms with Gasteiger partial charge < -0.3 is 14.6 Å². The molecular weight excluding hydrogens is 341 g/mol. The number of rotatable bonds is 3. The van der Waals surface area contributed by atoms with Crippen LogP contribution in [0.15, 0.2) is 18.2 Å². The van der Waals surface area contributed by atoms with Crippen molar-refractivity contribution in [1.82, 2.24) is 4.90 Å². The molecule has 2 atom stereocenters. The first-order valence-electron chi connectivity index (χ1n) is 7.41. The van der Waals surface area contributed by atoms with Gasteiger partial charge in [0, 0.05) is 12.5 Å². The molecule has 6 nitrogen and oxygen atoms in total. The Hall–Kier alpha value is -2.02. The zero-order chi connectivity index (χ0) is 18.1. The van der Waals surface area contributed by atoms with Crippen molar-refractivity contribution in [2.75, 3.05) is 6.54 Å². The van der Waals surface area contributed by atoms with Gasteiger partial charge in [-0.2, -0.15) is 0 Å². The van der Waals surface area contributed by atoms with Gasteiger partial charge in [0.1, 0.15) is 29.3 Å². The third-order valence-electron chi connectivity index (χ3n) is 3.37. The Morgan fingerprint density at radius 3 is 2.58 bits per heavy atom. The molecule has 1 N–H and O–H groups in total. The smallest absolute Gasteiger partial charge is 0.411 e. The molecule has 0 aliphatic carbocycles. The van der Waals surface area contributed by atoms with Gasteiger partial charge in [0.2, 0.25) is 0 Å². The number of benzene rings is 1. The number of carbonyl (C=O) groups is 2. The molecule has 0 spiro atoms. The van der Waals surface area contributed by atoms with E-state index in [9.17, 15) is 19.1 Å². The second-order valence-electron chi connectivity index (χ2n) is 6.54. The van der Waals surface area contributed by atoms with Gasteiger partial charge in [-0.25, -0.2) is 14.0 Å². The van der Waals surface area contributed by atoms with Crippen LogP contribution in [0.1, 0.15) is 27.2 Å². The first-order valence-corrected chi connectivity index (χ1v) is 7.79. The zero-order valence-corrected chi connectivity index (χ0v) is 14.3. The molecule has 8 heteroatoms. The molecule has 1 saturated heterocycles. The van der Waals surface area contributed by atoms with Crippen molar-refractivity contribution < 1.29 is 28.6 Å². The predicted molar refractivity (Wildman–Crippen MR) is 84.8 cm³/mol. The van der Waals surface area contributed by atoms with Gasteiger partial charge in [-0.1, -0.05) is 11.6 Å². The minimum Gasteiger partial charge on any atom is -0.488 e. The summed E-state index contributed by atoms with van der Waals surface area (Å²) in [4.78, 5) is 24.7. The van der Waals surface area contributed by atoms with E-state index in [0.29, 0.717) is 5.75 Å². The lowest BCUT2D eigenvalue weighted by molar-refractivity contribution is -0.142. The SMILES string of the molecule is CC(C)(C)OC(=O)N1C[C@@H](Oc2ccc(F)c(Cl)c2)C[C@H]1C(=O)O. The average molecular weight is 360 g/mol. The van der Waals surface area contributed by atoms with Crippen LogP contribution in [0, 0.1) is 5.82 Å². The van der Waals surface area contributed by atoms with Crippen molar-refractivity contribution in [1.29, 1.82) is 0 Å². The Morgan fingerprint density at radius 1 is 1.38 bits per heavy atom. The van der Waals surface area contributed by atoms with E-state index >= 15 is 0 Å². The summed E-state index contributed by atoms with van der Waals surface area (Å²) in [6, 6.07) is 2.82. The van der Waals surface area contributed by atoms with Crippen LogP contribution in [-0.4, -0.2) is 46.4 Å². The molecule has 2 rings (SSSR count). The van der Waals surface area contributed by atoms with E-state index in [1.807, 2.05) is 0 Å². The van der Waals surface area contributed by atoms with E-state index in [0.717, 1.165) is 11.0 Å². The Bertz CT molecular complexity index is 646. The summed E-state index contributed by atoms with van der Waals surface area (Å²) in [7, 11) is 0. The molecule has 132 valence electrons.